The summed E-state index contributed by atoms with van der Waals surface area (Å²) in [5, 5.41) is 1.26. The van der Waals surface area contributed by atoms with Crippen LogP contribution in [0.5, 0.6) is 0 Å². The summed E-state index contributed by atoms with van der Waals surface area (Å²) in [6, 6.07) is 9.69. The number of hydrogen-bond donors (Lipinski definition) is 1. The minimum absolute atomic E-state index is 0.273. The lowest BCUT2D eigenvalue weighted by Crippen LogP contribution is -2.36. The van der Waals surface area contributed by atoms with Crippen LogP contribution in [-0.2, 0) is 16.1 Å². The number of aromatic nitrogens is 1. The molecule has 0 saturated carbocycles. The molecule has 130 valence electrons. The van der Waals surface area contributed by atoms with Crippen LogP contribution in [0.15, 0.2) is 49.2 Å². The number of benzene rings is 1. The van der Waals surface area contributed by atoms with E-state index in [4.69, 9.17) is 4.74 Å². The first-order chi connectivity index (χ1) is 12.0. The summed E-state index contributed by atoms with van der Waals surface area (Å²) in [5.41, 5.74) is 1.27. The average molecular weight is 338 g/mol. The molecule has 0 aliphatic carbocycles. The molecule has 0 saturated heterocycles. The number of nitrogens with one attached hydrogen (secondary N) is 1. The third-order valence-electron chi connectivity index (χ3n) is 3.71. The number of H-pyrrole nitrogens is 1. The molecule has 2 rings (SSSR count). The van der Waals surface area contributed by atoms with Gasteiger partial charge >= 0.3 is 0 Å². The topological polar surface area (TPSA) is 62.4 Å². The van der Waals surface area contributed by atoms with Gasteiger partial charge in [0.05, 0.1) is 10.8 Å². The van der Waals surface area contributed by atoms with E-state index in [9.17, 15) is 9.59 Å². The fraction of sp³-hybridized carbons (Fsp3) is 0.200. The van der Waals surface area contributed by atoms with E-state index in [1.165, 1.54) is 11.1 Å². The molecule has 0 bridgehead atoms. The normalized spacial score (nSPS) is 12.5. The zero-order valence-corrected chi connectivity index (χ0v) is 14.7. The SMILES string of the molecule is C=C/C(OCc1ccccc1)=c1/c(C(=O)C(=O)N(C)C)c[nH]/c1=C/C. The van der Waals surface area contributed by atoms with Crippen molar-refractivity contribution in [1.29, 1.82) is 0 Å². The predicted molar refractivity (Wildman–Crippen MR) is 98.0 cm³/mol. The predicted octanol–water partition coefficient (Wildman–Crippen LogP) is 1.60. The first-order valence-corrected chi connectivity index (χ1v) is 7.92. The summed E-state index contributed by atoms with van der Waals surface area (Å²) in [6.45, 7) is 5.97. The van der Waals surface area contributed by atoms with E-state index in [1.807, 2.05) is 43.3 Å². The maximum atomic E-state index is 12.5. The van der Waals surface area contributed by atoms with Crippen LogP contribution in [0.1, 0.15) is 22.8 Å². The molecular formula is C20H22N2O3. The molecular weight excluding hydrogens is 316 g/mol. The Labute approximate surface area is 146 Å². The van der Waals surface area contributed by atoms with Gasteiger partial charge < -0.3 is 14.6 Å². The second-order valence-electron chi connectivity index (χ2n) is 5.65. The molecule has 0 unspecified atom stereocenters. The molecule has 5 nitrogen and oxygen atoms in total. The molecule has 0 atom stereocenters. The van der Waals surface area contributed by atoms with E-state index in [0.717, 1.165) is 5.56 Å². The van der Waals surface area contributed by atoms with Crippen LogP contribution >= 0.6 is 0 Å². The monoisotopic (exact) mass is 338 g/mol. The van der Waals surface area contributed by atoms with Crippen molar-refractivity contribution in [2.45, 2.75) is 13.5 Å². The van der Waals surface area contributed by atoms with Gasteiger partial charge in [0.1, 0.15) is 12.4 Å². The van der Waals surface area contributed by atoms with Crippen LogP contribution < -0.4 is 10.6 Å². The Morgan fingerprint density at radius 1 is 1.24 bits per heavy atom. The summed E-state index contributed by atoms with van der Waals surface area (Å²) in [6.07, 6.45) is 4.90. The molecule has 25 heavy (non-hydrogen) atoms. The van der Waals surface area contributed by atoms with Crippen LogP contribution in [0.2, 0.25) is 0 Å². The number of carbonyl (C=O) groups excluding carboxylic acids is 2. The largest absolute Gasteiger partial charge is 0.488 e. The molecule has 0 fully saturated rings. The lowest BCUT2D eigenvalue weighted by Gasteiger charge is -2.09. The Morgan fingerprint density at radius 2 is 1.92 bits per heavy atom. The van der Waals surface area contributed by atoms with Gasteiger partial charge in [-0.05, 0) is 18.6 Å². The van der Waals surface area contributed by atoms with Crippen LogP contribution in [0, 0.1) is 0 Å². The molecule has 1 heterocycles. The molecule has 5 heteroatoms. The third-order valence-corrected chi connectivity index (χ3v) is 3.71. The van der Waals surface area contributed by atoms with Crippen LogP contribution in [-0.4, -0.2) is 35.7 Å². The fourth-order valence-corrected chi connectivity index (χ4v) is 2.40. The number of ether oxygens (including phenoxy) is 1. The number of carbonyl (C=O) groups is 2. The highest BCUT2D eigenvalue weighted by molar-refractivity contribution is 6.42. The Hall–Kier alpha value is -3.08. The highest BCUT2D eigenvalue weighted by atomic mass is 16.5. The second-order valence-corrected chi connectivity index (χ2v) is 5.65. The first kappa shape index (κ1) is 18.3. The van der Waals surface area contributed by atoms with E-state index in [-0.39, 0.29) is 5.56 Å². The van der Waals surface area contributed by atoms with E-state index in [1.54, 1.807) is 20.2 Å². The van der Waals surface area contributed by atoms with Gasteiger partial charge in [-0.15, -0.1) is 0 Å². The number of rotatable bonds is 6. The minimum atomic E-state index is -0.591. The third kappa shape index (κ3) is 4.07. The van der Waals surface area contributed by atoms with Crippen LogP contribution in [0.4, 0.5) is 0 Å². The smallest absolute Gasteiger partial charge is 0.294 e. The molecule has 1 N–H and O–H groups in total. The molecule has 2 aromatic rings. The van der Waals surface area contributed by atoms with Crippen molar-refractivity contribution < 1.29 is 14.3 Å². The van der Waals surface area contributed by atoms with Gasteiger partial charge in [-0.2, -0.15) is 0 Å². The van der Waals surface area contributed by atoms with Crippen molar-refractivity contribution in [3.63, 3.8) is 0 Å². The summed E-state index contributed by atoms with van der Waals surface area (Å²) in [4.78, 5) is 28.8. The zero-order valence-electron chi connectivity index (χ0n) is 14.7. The second kappa shape index (κ2) is 8.15. The maximum absolute atomic E-state index is 12.5. The Kier molecular flexibility index (Phi) is 5.95. The Morgan fingerprint density at radius 3 is 2.48 bits per heavy atom. The van der Waals surface area contributed by atoms with Gasteiger partial charge in [0.25, 0.3) is 11.7 Å². The summed E-state index contributed by atoms with van der Waals surface area (Å²) in [7, 11) is 3.09. The summed E-state index contributed by atoms with van der Waals surface area (Å²) >= 11 is 0. The summed E-state index contributed by atoms with van der Waals surface area (Å²) in [5.74, 6) is -0.727. The van der Waals surface area contributed by atoms with Gasteiger partial charge in [-0.1, -0.05) is 43.0 Å². The zero-order chi connectivity index (χ0) is 18.4. The molecule has 1 aromatic heterocycles. The maximum Gasteiger partial charge on any atom is 0.294 e. The van der Waals surface area contributed by atoms with Crippen molar-refractivity contribution in [3.05, 3.63) is 70.9 Å². The number of hydrogen-bond acceptors (Lipinski definition) is 3. The number of Topliss-reactive ketones (excluding diaryl/α,β-unsaturated/α-hetero) is 1. The number of ketones is 1. The van der Waals surface area contributed by atoms with Crippen LogP contribution in [0.25, 0.3) is 11.8 Å². The van der Waals surface area contributed by atoms with Gasteiger partial charge in [-0.25, -0.2) is 0 Å². The fourth-order valence-electron chi connectivity index (χ4n) is 2.40. The van der Waals surface area contributed by atoms with Gasteiger partial charge in [0.2, 0.25) is 0 Å². The molecule has 0 radical (unpaired) electrons. The van der Waals surface area contributed by atoms with Crippen LogP contribution in [0.3, 0.4) is 0 Å². The molecule has 1 aromatic carbocycles. The van der Waals surface area contributed by atoms with Crippen molar-refractivity contribution >= 4 is 23.5 Å². The number of amides is 1. The number of likely N-dealkylation sites (N-methyl/N-ethyl adjacent to an activating group) is 1. The lowest BCUT2D eigenvalue weighted by molar-refractivity contribution is -0.124. The minimum Gasteiger partial charge on any atom is -0.488 e. The molecule has 0 aliphatic heterocycles. The first-order valence-electron chi connectivity index (χ1n) is 7.92. The Bertz CT molecular complexity index is 893. The lowest BCUT2D eigenvalue weighted by atomic mass is 10.1. The summed E-state index contributed by atoms with van der Waals surface area (Å²) < 4.78 is 5.88. The van der Waals surface area contributed by atoms with Crippen molar-refractivity contribution in [1.82, 2.24) is 9.88 Å². The average Bonchev–Trinajstić information content (AvgIpc) is 3.05. The quantitative estimate of drug-likeness (QED) is 0.643. The van der Waals surface area contributed by atoms with E-state index < -0.39 is 11.7 Å². The molecule has 1 amide bonds. The van der Waals surface area contributed by atoms with Crippen molar-refractivity contribution in [2.75, 3.05) is 14.1 Å². The van der Waals surface area contributed by atoms with E-state index in [2.05, 4.69) is 11.6 Å². The van der Waals surface area contributed by atoms with E-state index in [0.29, 0.717) is 22.9 Å². The highest BCUT2D eigenvalue weighted by Gasteiger charge is 2.21. The van der Waals surface area contributed by atoms with Crippen molar-refractivity contribution in [3.8, 4) is 0 Å². The van der Waals surface area contributed by atoms with Gasteiger partial charge in [0.15, 0.2) is 0 Å². The number of nitrogens with zero attached hydrogens (tertiary/aromatic N) is 1. The molecule has 0 aliphatic rings. The number of aromatic amines is 1. The van der Waals surface area contributed by atoms with Crippen molar-refractivity contribution in [2.24, 2.45) is 0 Å². The standard InChI is InChI=1S/C20H22N2O3/c1-5-16-18(15(12-21-16)19(23)20(24)22(3)4)17(6-2)25-13-14-10-8-7-9-11-14/h5-12,21H,2,13H2,1,3-4H3/b16-5+,18-17+. The highest BCUT2D eigenvalue weighted by Crippen LogP contribution is 2.07. The Balaban J connectivity index is 2.51. The van der Waals surface area contributed by atoms with Gasteiger partial charge in [-0.3, -0.25) is 9.59 Å². The van der Waals surface area contributed by atoms with E-state index >= 15 is 0 Å². The van der Waals surface area contributed by atoms with Gasteiger partial charge in [0, 0.05) is 25.6 Å². The molecule has 0 spiro atoms.